The lowest BCUT2D eigenvalue weighted by molar-refractivity contribution is 0.317. The summed E-state index contributed by atoms with van der Waals surface area (Å²) in [4.78, 5) is 0. The molecule has 1 aromatic carbocycles. The average molecular weight is 197 g/mol. The highest BCUT2D eigenvalue weighted by Gasteiger charge is 2.00. The molecule has 0 aromatic heterocycles. The molecule has 0 bridgehead atoms. The average Bonchev–Trinajstić information content (AvgIpc) is 2.16. The molecule has 0 unspecified atom stereocenters. The van der Waals surface area contributed by atoms with Crippen LogP contribution in [0.25, 0.3) is 6.08 Å². The van der Waals surface area contributed by atoms with Crippen LogP contribution in [0.15, 0.2) is 24.8 Å². The Labute approximate surface area is 84.0 Å². The third-order valence-corrected chi connectivity index (χ3v) is 1.95. The number of ether oxygens (including phenoxy) is 1. The first-order valence-electron chi connectivity index (χ1n) is 4.32. The zero-order valence-corrected chi connectivity index (χ0v) is 8.47. The highest BCUT2D eigenvalue weighted by molar-refractivity contribution is 6.32. The second-order valence-corrected chi connectivity index (χ2v) is 3.15. The Morgan fingerprint density at radius 1 is 1.54 bits per heavy atom. The number of benzene rings is 1. The monoisotopic (exact) mass is 196 g/mol. The molecule has 0 radical (unpaired) electrons. The molecule has 1 aromatic rings. The minimum absolute atomic E-state index is 0.644. The fraction of sp³-hybridized carbons (Fsp3) is 0.273. The van der Waals surface area contributed by atoms with Crippen molar-refractivity contribution in [2.24, 2.45) is 0 Å². The molecule has 0 saturated heterocycles. The summed E-state index contributed by atoms with van der Waals surface area (Å²) in [7, 11) is 0. The van der Waals surface area contributed by atoms with Crippen molar-refractivity contribution in [2.75, 3.05) is 6.61 Å². The second-order valence-electron chi connectivity index (χ2n) is 2.74. The predicted octanol–water partition coefficient (Wildman–Crippen LogP) is 3.77. The van der Waals surface area contributed by atoms with Crippen LogP contribution in [-0.4, -0.2) is 6.61 Å². The summed E-state index contributed by atoms with van der Waals surface area (Å²) < 4.78 is 5.42. The van der Waals surface area contributed by atoms with Crippen molar-refractivity contribution in [1.82, 2.24) is 0 Å². The molecule has 1 nitrogen and oxygen atoms in total. The highest BCUT2D eigenvalue weighted by atomic mass is 35.5. The largest absolute Gasteiger partial charge is 0.492 e. The molecule has 0 N–H and O–H groups in total. The van der Waals surface area contributed by atoms with E-state index in [4.69, 9.17) is 16.3 Å². The van der Waals surface area contributed by atoms with Crippen LogP contribution in [0.3, 0.4) is 0 Å². The predicted molar refractivity (Wildman–Crippen MR) is 57.3 cm³/mol. The van der Waals surface area contributed by atoms with Gasteiger partial charge < -0.3 is 4.74 Å². The van der Waals surface area contributed by atoms with Gasteiger partial charge >= 0.3 is 0 Å². The zero-order valence-electron chi connectivity index (χ0n) is 7.72. The summed E-state index contributed by atoms with van der Waals surface area (Å²) in [5, 5.41) is 0.644. The molecule has 0 aliphatic carbocycles. The lowest BCUT2D eigenvalue weighted by atomic mass is 10.2. The minimum atomic E-state index is 0.644. The third kappa shape index (κ3) is 2.78. The molecule has 70 valence electrons. The lowest BCUT2D eigenvalue weighted by Gasteiger charge is -2.06. The molecule has 0 atom stereocenters. The zero-order chi connectivity index (χ0) is 9.68. The van der Waals surface area contributed by atoms with Gasteiger partial charge in [-0.1, -0.05) is 37.2 Å². The maximum absolute atomic E-state index is 5.97. The molecule has 0 saturated carbocycles. The van der Waals surface area contributed by atoms with Crippen LogP contribution in [-0.2, 0) is 0 Å². The van der Waals surface area contributed by atoms with Crippen LogP contribution in [0.2, 0.25) is 5.02 Å². The van der Waals surface area contributed by atoms with Crippen molar-refractivity contribution in [2.45, 2.75) is 13.3 Å². The fourth-order valence-corrected chi connectivity index (χ4v) is 1.22. The summed E-state index contributed by atoms with van der Waals surface area (Å²) in [5.41, 5.74) is 1.01. The Morgan fingerprint density at radius 2 is 2.31 bits per heavy atom. The summed E-state index contributed by atoms with van der Waals surface area (Å²) in [6, 6.07) is 5.65. The lowest BCUT2D eigenvalue weighted by Crippen LogP contribution is -1.95. The SMILES string of the molecule is C=Cc1ccc(OCCC)c(Cl)c1. The van der Waals surface area contributed by atoms with Crippen LogP contribution < -0.4 is 4.74 Å². The quantitative estimate of drug-likeness (QED) is 0.713. The summed E-state index contributed by atoms with van der Waals surface area (Å²) in [6.45, 7) is 6.43. The third-order valence-electron chi connectivity index (χ3n) is 1.65. The van der Waals surface area contributed by atoms with Gasteiger partial charge in [0.2, 0.25) is 0 Å². The molecule has 2 heteroatoms. The standard InChI is InChI=1S/C11H13ClO/c1-3-7-13-11-6-5-9(4-2)8-10(11)12/h4-6,8H,2-3,7H2,1H3. The molecule has 0 fully saturated rings. The van der Waals surface area contributed by atoms with E-state index in [1.54, 1.807) is 6.08 Å². The van der Waals surface area contributed by atoms with Gasteiger partial charge in [-0.05, 0) is 24.1 Å². The van der Waals surface area contributed by atoms with Gasteiger partial charge in [0.25, 0.3) is 0 Å². The maximum atomic E-state index is 5.97. The van der Waals surface area contributed by atoms with E-state index < -0.39 is 0 Å². The summed E-state index contributed by atoms with van der Waals surface area (Å²) >= 11 is 5.97. The van der Waals surface area contributed by atoms with E-state index in [1.807, 2.05) is 18.2 Å². The van der Waals surface area contributed by atoms with Gasteiger partial charge in [0, 0.05) is 0 Å². The van der Waals surface area contributed by atoms with Gasteiger partial charge in [0.05, 0.1) is 11.6 Å². The van der Waals surface area contributed by atoms with Gasteiger partial charge in [-0.15, -0.1) is 0 Å². The molecule has 0 heterocycles. The van der Waals surface area contributed by atoms with Crippen molar-refractivity contribution in [3.8, 4) is 5.75 Å². The van der Waals surface area contributed by atoms with Gasteiger partial charge in [-0.3, -0.25) is 0 Å². The first-order valence-corrected chi connectivity index (χ1v) is 4.70. The Morgan fingerprint density at radius 3 is 2.85 bits per heavy atom. The number of rotatable bonds is 4. The fourth-order valence-electron chi connectivity index (χ4n) is 0.973. The first-order chi connectivity index (χ1) is 6.27. The first kappa shape index (κ1) is 10.1. The van der Waals surface area contributed by atoms with Crippen LogP contribution in [0, 0.1) is 0 Å². The van der Waals surface area contributed by atoms with Crippen LogP contribution in [0.4, 0.5) is 0 Å². The van der Waals surface area contributed by atoms with Crippen molar-refractivity contribution < 1.29 is 4.74 Å². The van der Waals surface area contributed by atoms with E-state index in [-0.39, 0.29) is 0 Å². The minimum Gasteiger partial charge on any atom is -0.492 e. The molecule has 1 rings (SSSR count). The van der Waals surface area contributed by atoms with Crippen molar-refractivity contribution in [3.63, 3.8) is 0 Å². The van der Waals surface area contributed by atoms with Crippen LogP contribution in [0.5, 0.6) is 5.75 Å². The normalized spacial score (nSPS) is 9.69. The van der Waals surface area contributed by atoms with Crippen molar-refractivity contribution >= 4 is 17.7 Å². The van der Waals surface area contributed by atoms with Gasteiger partial charge in [-0.2, -0.15) is 0 Å². The second kappa shape index (κ2) is 4.93. The van der Waals surface area contributed by atoms with Crippen LogP contribution >= 0.6 is 11.6 Å². The number of hydrogen-bond donors (Lipinski definition) is 0. The van der Waals surface area contributed by atoms with E-state index >= 15 is 0 Å². The molecule has 0 spiro atoms. The van der Waals surface area contributed by atoms with Gasteiger partial charge in [0.1, 0.15) is 5.75 Å². The van der Waals surface area contributed by atoms with E-state index in [1.165, 1.54) is 0 Å². The molecular formula is C11H13ClO. The van der Waals surface area contributed by atoms with Gasteiger partial charge in [0.15, 0.2) is 0 Å². The molecule has 13 heavy (non-hydrogen) atoms. The topological polar surface area (TPSA) is 9.23 Å². The number of hydrogen-bond acceptors (Lipinski definition) is 1. The Bertz CT molecular complexity index is 294. The van der Waals surface area contributed by atoms with Crippen LogP contribution in [0.1, 0.15) is 18.9 Å². The Hall–Kier alpha value is -0.950. The summed E-state index contributed by atoms with van der Waals surface area (Å²) in [6.07, 6.45) is 2.75. The van der Waals surface area contributed by atoms with E-state index in [0.717, 1.165) is 17.7 Å². The highest BCUT2D eigenvalue weighted by Crippen LogP contribution is 2.25. The molecule has 0 aliphatic rings. The maximum Gasteiger partial charge on any atom is 0.137 e. The van der Waals surface area contributed by atoms with E-state index in [2.05, 4.69) is 13.5 Å². The van der Waals surface area contributed by atoms with E-state index in [9.17, 15) is 0 Å². The van der Waals surface area contributed by atoms with Gasteiger partial charge in [-0.25, -0.2) is 0 Å². The summed E-state index contributed by atoms with van der Waals surface area (Å²) in [5.74, 6) is 0.745. The molecule has 0 aliphatic heterocycles. The Balaban J connectivity index is 2.79. The van der Waals surface area contributed by atoms with Crippen molar-refractivity contribution in [1.29, 1.82) is 0 Å². The smallest absolute Gasteiger partial charge is 0.137 e. The Kier molecular flexibility index (Phi) is 3.84. The van der Waals surface area contributed by atoms with Crippen molar-refractivity contribution in [3.05, 3.63) is 35.4 Å². The molecular weight excluding hydrogens is 184 g/mol. The van der Waals surface area contributed by atoms with E-state index in [0.29, 0.717) is 11.6 Å². The number of halogens is 1. The molecule has 0 amide bonds.